The van der Waals surface area contributed by atoms with Gasteiger partial charge in [0.2, 0.25) is 0 Å². The van der Waals surface area contributed by atoms with Gasteiger partial charge in [-0.2, -0.15) is 5.10 Å². The molecule has 0 amide bonds. The minimum atomic E-state index is -0.599. The van der Waals surface area contributed by atoms with Crippen LogP contribution in [0.3, 0.4) is 0 Å². The molecule has 1 aliphatic rings. The van der Waals surface area contributed by atoms with E-state index in [9.17, 15) is 14.3 Å². The molecule has 2 heterocycles. The lowest BCUT2D eigenvalue weighted by Gasteiger charge is -2.35. The van der Waals surface area contributed by atoms with Crippen LogP contribution in [0, 0.1) is 11.7 Å². The zero-order valence-electron chi connectivity index (χ0n) is 13.3. The number of aliphatic hydroxyl groups is 1. The van der Waals surface area contributed by atoms with Crippen LogP contribution in [-0.2, 0) is 7.05 Å². The number of anilines is 1. The van der Waals surface area contributed by atoms with Crippen LogP contribution in [0.5, 0.6) is 0 Å². The maximum Gasteiger partial charge on any atom is 0.282 e. The Hall–Kier alpha value is -1.73. The summed E-state index contributed by atoms with van der Waals surface area (Å²) in [5.74, 6) is -0.186. The van der Waals surface area contributed by atoms with E-state index in [4.69, 9.17) is 0 Å². The molecule has 1 atom stereocenters. The normalized spacial score (nSPS) is 17.1. The summed E-state index contributed by atoms with van der Waals surface area (Å²) in [4.78, 5) is 14.1. The van der Waals surface area contributed by atoms with Gasteiger partial charge >= 0.3 is 0 Å². The quantitative estimate of drug-likeness (QED) is 0.867. The van der Waals surface area contributed by atoms with E-state index in [-0.39, 0.29) is 17.3 Å². The van der Waals surface area contributed by atoms with Gasteiger partial charge in [-0.3, -0.25) is 4.79 Å². The van der Waals surface area contributed by atoms with Crippen LogP contribution in [0.1, 0.15) is 24.5 Å². The highest BCUT2D eigenvalue weighted by Gasteiger charge is 2.27. The van der Waals surface area contributed by atoms with Crippen LogP contribution in [0.4, 0.5) is 10.1 Å². The van der Waals surface area contributed by atoms with Gasteiger partial charge in [-0.25, -0.2) is 9.07 Å². The maximum atomic E-state index is 13.0. The molecule has 0 aliphatic carbocycles. The number of hydrogen-bond acceptors (Lipinski definition) is 4. The lowest BCUT2D eigenvalue weighted by atomic mass is 9.87. The molecule has 1 fully saturated rings. The summed E-state index contributed by atoms with van der Waals surface area (Å²) in [7, 11) is 1.61. The summed E-state index contributed by atoms with van der Waals surface area (Å²) in [6, 6.07) is 6.01. The largest absolute Gasteiger partial charge is 0.388 e. The van der Waals surface area contributed by atoms with E-state index >= 15 is 0 Å². The number of aryl methyl sites for hydroxylation is 1. The van der Waals surface area contributed by atoms with Crippen molar-refractivity contribution in [2.75, 3.05) is 18.0 Å². The molecule has 2 aromatic rings. The predicted molar refractivity (Wildman–Crippen MR) is 93.5 cm³/mol. The lowest BCUT2D eigenvalue weighted by Crippen LogP contribution is -2.37. The Morgan fingerprint density at radius 1 is 1.29 bits per heavy atom. The third kappa shape index (κ3) is 3.37. The number of rotatable bonds is 3. The van der Waals surface area contributed by atoms with Crippen molar-refractivity contribution in [2.24, 2.45) is 13.0 Å². The third-order valence-electron chi connectivity index (χ3n) is 4.60. The fourth-order valence-corrected chi connectivity index (χ4v) is 3.72. The van der Waals surface area contributed by atoms with Crippen molar-refractivity contribution in [3.63, 3.8) is 0 Å². The first-order valence-corrected chi connectivity index (χ1v) is 8.67. The molecule has 0 saturated carbocycles. The topological polar surface area (TPSA) is 58.4 Å². The Balaban J connectivity index is 1.69. The lowest BCUT2D eigenvalue weighted by molar-refractivity contribution is 0.0929. The van der Waals surface area contributed by atoms with Gasteiger partial charge in [0, 0.05) is 20.1 Å². The Bertz CT molecular complexity index is 770. The Kier molecular flexibility index (Phi) is 5.01. The van der Waals surface area contributed by atoms with Crippen molar-refractivity contribution in [2.45, 2.75) is 18.9 Å². The van der Waals surface area contributed by atoms with Gasteiger partial charge in [0.15, 0.2) is 0 Å². The van der Waals surface area contributed by atoms with Gasteiger partial charge in [0.1, 0.15) is 10.3 Å². The highest BCUT2D eigenvalue weighted by molar-refractivity contribution is 9.10. The Morgan fingerprint density at radius 3 is 2.54 bits per heavy atom. The van der Waals surface area contributed by atoms with Gasteiger partial charge in [0.25, 0.3) is 5.56 Å². The van der Waals surface area contributed by atoms with Crippen LogP contribution in [0.15, 0.2) is 39.7 Å². The Labute approximate surface area is 147 Å². The standard InChI is InChI=1S/C17H19BrFN3O2/c1-21-17(24)15(18)14(10-20-21)22-8-6-12(7-9-22)16(23)11-2-4-13(19)5-3-11/h2-5,10,12,16,23H,6-9H2,1H3. The summed E-state index contributed by atoms with van der Waals surface area (Å²) in [6.07, 6.45) is 2.67. The first-order chi connectivity index (χ1) is 11.5. The zero-order valence-corrected chi connectivity index (χ0v) is 14.9. The van der Waals surface area contributed by atoms with Crippen molar-refractivity contribution < 1.29 is 9.50 Å². The smallest absolute Gasteiger partial charge is 0.282 e. The van der Waals surface area contributed by atoms with Crippen LogP contribution in [-0.4, -0.2) is 28.0 Å². The van der Waals surface area contributed by atoms with Crippen LogP contribution >= 0.6 is 15.9 Å². The second kappa shape index (κ2) is 7.03. The summed E-state index contributed by atoms with van der Waals surface area (Å²) < 4.78 is 14.8. The molecule has 3 rings (SSSR count). The molecular formula is C17H19BrFN3O2. The van der Waals surface area contributed by atoms with Gasteiger partial charge in [-0.05, 0) is 52.4 Å². The molecule has 0 spiro atoms. The van der Waals surface area contributed by atoms with Crippen molar-refractivity contribution in [1.29, 1.82) is 0 Å². The molecule has 0 bridgehead atoms. The fourth-order valence-electron chi connectivity index (χ4n) is 3.11. The number of halogens is 2. The summed E-state index contributed by atoms with van der Waals surface area (Å²) in [6.45, 7) is 1.47. The molecule has 1 aliphatic heterocycles. The minimum absolute atomic E-state index is 0.116. The van der Waals surface area contributed by atoms with E-state index in [0.29, 0.717) is 4.47 Å². The molecule has 1 unspecified atom stereocenters. The number of aromatic nitrogens is 2. The maximum absolute atomic E-state index is 13.0. The second-order valence-corrected chi connectivity index (χ2v) is 6.89. The monoisotopic (exact) mass is 395 g/mol. The van der Waals surface area contributed by atoms with Gasteiger partial charge in [0.05, 0.1) is 18.0 Å². The molecule has 1 N–H and O–H groups in total. The van der Waals surface area contributed by atoms with E-state index in [2.05, 4.69) is 25.9 Å². The number of hydrogen-bond donors (Lipinski definition) is 1. The highest BCUT2D eigenvalue weighted by atomic mass is 79.9. The molecule has 5 nitrogen and oxygen atoms in total. The van der Waals surface area contributed by atoms with Crippen molar-refractivity contribution in [3.05, 3.63) is 56.7 Å². The Morgan fingerprint density at radius 2 is 1.92 bits per heavy atom. The van der Waals surface area contributed by atoms with E-state index in [1.807, 2.05) is 0 Å². The van der Waals surface area contributed by atoms with Crippen molar-refractivity contribution in [3.8, 4) is 0 Å². The van der Waals surface area contributed by atoms with Crippen LogP contribution in [0.25, 0.3) is 0 Å². The number of piperidine rings is 1. The van der Waals surface area contributed by atoms with Crippen LogP contribution < -0.4 is 10.5 Å². The molecule has 7 heteroatoms. The van der Waals surface area contributed by atoms with E-state index in [0.717, 1.165) is 37.2 Å². The molecule has 1 saturated heterocycles. The molecule has 0 radical (unpaired) electrons. The van der Waals surface area contributed by atoms with Gasteiger partial charge < -0.3 is 10.0 Å². The van der Waals surface area contributed by atoms with E-state index in [1.165, 1.54) is 16.8 Å². The molecular weight excluding hydrogens is 377 g/mol. The van der Waals surface area contributed by atoms with Crippen LogP contribution in [0.2, 0.25) is 0 Å². The first-order valence-electron chi connectivity index (χ1n) is 7.87. The van der Waals surface area contributed by atoms with Gasteiger partial charge in [-0.15, -0.1) is 0 Å². The predicted octanol–water partition coefficient (Wildman–Crippen LogP) is 2.63. The average Bonchev–Trinajstić information content (AvgIpc) is 2.60. The summed E-state index contributed by atoms with van der Waals surface area (Å²) in [5, 5.41) is 14.6. The molecule has 128 valence electrons. The number of aliphatic hydroxyl groups excluding tert-OH is 1. The van der Waals surface area contributed by atoms with Crippen molar-refractivity contribution in [1.82, 2.24) is 9.78 Å². The number of nitrogens with zero attached hydrogens (tertiary/aromatic N) is 3. The molecule has 1 aromatic heterocycles. The SMILES string of the molecule is Cn1ncc(N2CCC(C(O)c3ccc(F)cc3)CC2)c(Br)c1=O. The summed E-state index contributed by atoms with van der Waals surface area (Å²) >= 11 is 3.35. The third-order valence-corrected chi connectivity index (χ3v) is 5.34. The second-order valence-electron chi connectivity index (χ2n) is 6.09. The molecule has 24 heavy (non-hydrogen) atoms. The first kappa shape index (κ1) is 17.1. The highest BCUT2D eigenvalue weighted by Crippen LogP contribution is 2.33. The van der Waals surface area contributed by atoms with Crippen molar-refractivity contribution >= 4 is 21.6 Å². The fraction of sp³-hybridized carbons (Fsp3) is 0.412. The van der Waals surface area contributed by atoms with E-state index in [1.54, 1.807) is 25.4 Å². The zero-order chi connectivity index (χ0) is 17.3. The summed E-state index contributed by atoms with van der Waals surface area (Å²) in [5.41, 5.74) is 1.36. The number of benzene rings is 1. The van der Waals surface area contributed by atoms with Gasteiger partial charge in [-0.1, -0.05) is 12.1 Å². The molecule has 1 aromatic carbocycles. The minimum Gasteiger partial charge on any atom is -0.388 e. The average molecular weight is 396 g/mol. The van der Waals surface area contributed by atoms with E-state index < -0.39 is 6.10 Å².